The third-order valence-corrected chi connectivity index (χ3v) is 5.52. The second-order valence-electron chi connectivity index (χ2n) is 5.49. The number of carbonyl (C=O) groups excluding carboxylic acids is 1. The van der Waals surface area contributed by atoms with Crippen molar-refractivity contribution in [3.63, 3.8) is 0 Å². The number of hydrogen-bond acceptors (Lipinski definition) is 2. The quantitative estimate of drug-likeness (QED) is 0.383. The number of hydrogen-bond donors (Lipinski definition) is 0. The molecular weight excluding hydrogens is 316 g/mol. The summed E-state index contributed by atoms with van der Waals surface area (Å²) in [5, 5.41) is 0. The Kier molecular flexibility index (Phi) is 5.34. The van der Waals surface area contributed by atoms with Crippen molar-refractivity contribution < 1.29 is 9.53 Å². The molecular formula is C21H19O2S+. The second kappa shape index (κ2) is 7.84. The van der Waals surface area contributed by atoms with E-state index in [1.807, 2.05) is 48.5 Å². The van der Waals surface area contributed by atoms with Crippen molar-refractivity contribution in [2.45, 2.75) is 10.6 Å². The lowest BCUT2D eigenvalue weighted by molar-refractivity contribution is 0.0734. The van der Waals surface area contributed by atoms with Crippen LogP contribution in [-0.2, 0) is 16.6 Å². The van der Waals surface area contributed by atoms with Crippen LogP contribution < -0.4 is 4.74 Å². The van der Waals surface area contributed by atoms with Gasteiger partial charge in [-0.25, -0.2) is 4.79 Å². The van der Waals surface area contributed by atoms with Crippen molar-refractivity contribution in [1.82, 2.24) is 0 Å². The van der Waals surface area contributed by atoms with Crippen LogP contribution in [0.4, 0.5) is 0 Å². The van der Waals surface area contributed by atoms with Crippen molar-refractivity contribution in [2.24, 2.45) is 0 Å². The van der Waals surface area contributed by atoms with Gasteiger partial charge in [0, 0.05) is 16.5 Å². The highest BCUT2D eigenvalue weighted by Gasteiger charge is 2.17. The maximum Gasteiger partial charge on any atom is 0.343 e. The fourth-order valence-electron chi connectivity index (χ4n) is 2.39. The maximum atomic E-state index is 12.2. The van der Waals surface area contributed by atoms with Gasteiger partial charge >= 0.3 is 5.97 Å². The first kappa shape index (κ1) is 16.3. The third kappa shape index (κ3) is 4.27. The first-order chi connectivity index (χ1) is 11.7. The average molecular weight is 335 g/mol. The van der Waals surface area contributed by atoms with Crippen molar-refractivity contribution in [1.29, 1.82) is 0 Å². The van der Waals surface area contributed by atoms with E-state index in [-0.39, 0.29) is 16.9 Å². The van der Waals surface area contributed by atoms with E-state index >= 15 is 0 Å². The second-order valence-corrected chi connectivity index (χ2v) is 7.53. The molecule has 3 rings (SSSR count). The molecule has 3 aromatic carbocycles. The highest BCUT2D eigenvalue weighted by molar-refractivity contribution is 7.95. The van der Waals surface area contributed by atoms with Gasteiger partial charge in [-0.3, -0.25) is 0 Å². The van der Waals surface area contributed by atoms with Crippen LogP contribution >= 0.6 is 0 Å². The van der Waals surface area contributed by atoms with Gasteiger partial charge in [0.15, 0.2) is 4.90 Å². The minimum absolute atomic E-state index is 0.104. The van der Waals surface area contributed by atoms with Crippen molar-refractivity contribution >= 4 is 16.9 Å². The molecule has 1 unspecified atom stereocenters. The molecule has 0 fully saturated rings. The van der Waals surface area contributed by atoms with E-state index in [1.54, 1.807) is 12.1 Å². The summed E-state index contributed by atoms with van der Waals surface area (Å²) < 4.78 is 5.36. The molecule has 120 valence electrons. The van der Waals surface area contributed by atoms with Gasteiger partial charge in [-0.15, -0.1) is 0 Å². The minimum atomic E-state index is -0.327. The Morgan fingerprint density at radius 3 is 2.04 bits per heavy atom. The Morgan fingerprint density at radius 2 is 1.42 bits per heavy atom. The molecule has 0 aliphatic carbocycles. The summed E-state index contributed by atoms with van der Waals surface area (Å²) in [6, 6.07) is 27.3. The predicted octanol–water partition coefficient (Wildman–Crippen LogP) is 4.71. The van der Waals surface area contributed by atoms with Gasteiger partial charge in [-0.1, -0.05) is 48.5 Å². The summed E-state index contributed by atoms with van der Waals surface area (Å²) in [6.45, 7) is 0. The lowest BCUT2D eigenvalue weighted by Gasteiger charge is -2.06. The zero-order valence-electron chi connectivity index (χ0n) is 13.5. The van der Waals surface area contributed by atoms with E-state index in [0.29, 0.717) is 11.3 Å². The molecule has 0 spiro atoms. The van der Waals surface area contributed by atoms with Gasteiger partial charge in [0.25, 0.3) is 0 Å². The zero-order chi connectivity index (χ0) is 16.8. The summed E-state index contributed by atoms with van der Waals surface area (Å²) >= 11 is 0. The zero-order valence-corrected chi connectivity index (χ0v) is 14.3. The molecule has 0 aliphatic heterocycles. The van der Waals surface area contributed by atoms with E-state index in [4.69, 9.17) is 4.74 Å². The maximum absolute atomic E-state index is 12.2. The number of esters is 1. The normalized spacial score (nSPS) is 11.7. The van der Waals surface area contributed by atoms with Crippen LogP contribution in [0.1, 0.15) is 15.9 Å². The summed E-state index contributed by atoms with van der Waals surface area (Å²) in [6.07, 6.45) is 2.23. The van der Waals surface area contributed by atoms with E-state index in [1.165, 1.54) is 10.5 Å². The Balaban J connectivity index is 1.65. The van der Waals surface area contributed by atoms with Crippen molar-refractivity contribution in [3.05, 3.63) is 96.1 Å². The predicted molar refractivity (Wildman–Crippen MR) is 99.5 cm³/mol. The molecule has 0 heterocycles. The lowest BCUT2D eigenvalue weighted by atomic mass is 10.2. The van der Waals surface area contributed by atoms with Crippen molar-refractivity contribution in [3.8, 4) is 5.75 Å². The molecule has 0 radical (unpaired) electrons. The minimum Gasteiger partial charge on any atom is -0.423 e. The number of benzene rings is 3. The van der Waals surface area contributed by atoms with Crippen LogP contribution in [0.5, 0.6) is 5.75 Å². The van der Waals surface area contributed by atoms with Gasteiger partial charge < -0.3 is 4.74 Å². The van der Waals surface area contributed by atoms with Crippen LogP contribution in [0.3, 0.4) is 0 Å². The Morgan fingerprint density at radius 1 is 0.833 bits per heavy atom. The fraction of sp³-hybridized carbons (Fsp3) is 0.0952. The first-order valence-corrected chi connectivity index (χ1v) is 9.56. The highest BCUT2D eigenvalue weighted by atomic mass is 32.2. The standard InChI is InChI=1S/C21H19O2S/c1-24(16-17-8-4-2-5-9-17)20-14-12-18(13-15-20)21(22)23-19-10-6-3-7-11-19/h2-15H,16H2,1H3/q+1. The molecule has 24 heavy (non-hydrogen) atoms. The van der Waals surface area contributed by atoms with Crippen LogP contribution in [0.2, 0.25) is 0 Å². The topological polar surface area (TPSA) is 26.3 Å². The monoisotopic (exact) mass is 335 g/mol. The van der Waals surface area contributed by atoms with Gasteiger partial charge in [-0.2, -0.15) is 0 Å². The SMILES string of the molecule is C[S+](Cc1ccccc1)c1ccc(C(=O)Oc2ccccc2)cc1. The van der Waals surface area contributed by atoms with Crippen LogP contribution in [0.15, 0.2) is 89.8 Å². The molecule has 3 aromatic rings. The summed E-state index contributed by atoms with van der Waals surface area (Å²) in [5.74, 6) is 1.24. The van der Waals surface area contributed by atoms with E-state index in [0.717, 1.165) is 5.75 Å². The largest absolute Gasteiger partial charge is 0.423 e. The van der Waals surface area contributed by atoms with Gasteiger partial charge in [0.2, 0.25) is 0 Å². The Labute approximate surface area is 145 Å². The van der Waals surface area contributed by atoms with E-state index < -0.39 is 0 Å². The van der Waals surface area contributed by atoms with Gasteiger partial charge in [0.05, 0.1) is 5.56 Å². The molecule has 3 heteroatoms. The molecule has 1 atom stereocenters. The molecule has 0 aromatic heterocycles. The Hall–Kier alpha value is -2.52. The van der Waals surface area contributed by atoms with E-state index in [2.05, 4.69) is 30.5 Å². The van der Waals surface area contributed by atoms with Gasteiger partial charge in [0.1, 0.15) is 17.8 Å². The number of para-hydroxylation sites is 1. The van der Waals surface area contributed by atoms with Crippen LogP contribution in [0, 0.1) is 0 Å². The van der Waals surface area contributed by atoms with E-state index in [9.17, 15) is 4.79 Å². The van der Waals surface area contributed by atoms with Crippen LogP contribution in [0.25, 0.3) is 0 Å². The highest BCUT2D eigenvalue weighted by Crippen LogP contribution is 2.18. The third-order valence-electron chi connectivity index (χ3n) is 3.67. The fourth-order valence-corrected chi connectivity index (χ4v) is 3.85. The molecule has 2 nitrogen and oxygen atoms in total. The summed E-state index contributed by atoms with van der Waals surface area (Å²) in [4.78, 5) is 13.4. The van der Waals surface area contributed by atoms with Crippen molar-refractivity contribution in [2.75, 3.05) is 6.26 Å². The molecule has 0 saturated heterocycles. The molecule has 0 N–H and O–H groups in total. The molecule has 0 bridgehead atoms. The number of carbonyl (C=O) groups is 1. The smallest absolute Gasteiger partial charge is 0.343 e. The summed E-state index contributed by atoms with van der Waals surface area (Å²) in [5.41, 5.74) is 1.90. The molecule has 0 aliphatic rings. The first-order valence-electron chi connectivity index (χ1n) is 7.76. The lowest BCUT2D eigenvalue weighted by Crippen LogP contribution is -2.09. The Bertz CT molecular complexity index is 783. The number of ether oxygens (including phenoxy) is 1. The van der Waals surface area contributed by atoms with Crippen LogP contribution in [-0.4, -0.2) is 12.2 Å². The number of rotatable bonds is 5. The van der Waals surface area contributed by atoms with Gasteiger partial charge in [-0.05, 0) is 36.4 Å². The molecule has 0 saturated carbocycles. The molecule has 0 amide bonds. The average Bonchev–Trinajstić information content (AvgIpc) is 2.63. The summed E-state index contributed by atoms with van der Waals surface area (Å²) in [7, 11) is 0.104.